The third-order valence-corrected chi connectivity index (χ3v) is 3.08. The SMILES string of the molecule is CC(Cn1cccn1)NC(=O)C1CCCNC1.Cl.Cl. The van der Waals surface area contributed by atoms with Crippen molar-refractivity contribution >= 4 is 30.7 Å². The number of carbonyl (C=O) groups is 1. The van der Waals surface area contributed by atoms with E-state index < -0.39 is 0 Å². The van der Waals surface area contributed by atoms with Crippen molar-refractivity contribution in [2.45, 2.75) is 32.4 Å². The first-order valence-corrected chi connectivity index (χ1v) is 6.24. The minimum absolute atomic E-state index is 0. The normalized spacial score (nSPS) is 19.7. The van der Waals surface area contributed by atoms with Gasteiger partial charge in [-0.1, -0.05) is 0 Å². The second-order valence-electron chi connectivity index (χ2n) is 4.68. The summed E-state index contributed by atoms with van der Waals surface area (Å²) in [5.41, 5.74) is 0. The van der Waals surface area contributed by atoms with E-state index in [1.54, 1.807) is 6.20 Å². The van der Waals surface area contributed by atoms with E-state index in [1.807, 2.05) is 23.9 Å². The zero-order chi connectivity index (χ0) is 12.1. The van der Waals surface area contributed by atoms with Crippen molar-refractivity contribution < 1.29 is 4.79 Å². The Balaban J connectivity index is 0.00000162. The number of nitrogens with zero attached hydrogens (tertiary/aromatic N) is 2. The van der Waals surface area contributed by atoms with Crippen molar-refractivity contribution in [1.29, 1.82) is 0 Å². The van der Waals surface area contributed by atoms with Crippen molar-refractivity contribution in [1.82, 2.24) is 20.4 Å². The molecule has 2 heterocycles. The topological polar surface area (TPSA) is 59.0 Å². The van der Waals surface area contributed by atoms with Gasteiger partial charge in [0.25, 0.3) is 0 Å². The molecule has 1 saturated heterocycles. The Morgan fingerprint density at radius 2 is 2.37 bits per heavy atom. The van der Waals surface area contributed by atoms with Crippen molar-refractivity contribution in [3.05, 3.63) is 18.5 Å². The number of amides is 1. The zero-order valence-corrected chi connectivity index (χ0v) is 12.7. The molecule has 19 heavy (non-hydrogen) atoms. The lowest BCUT2D eigenvalue weighted by Gasteiger charge is -2.24. The molecule has 1 aromatic heterocycles. The van der Waals surface area contributed by atoms with E-state index in [2.05, 4.69) is 15.7 Å². The Labute approximate surface area is 126 Å². The second-order valence-corrected chi connectivity index (χ2v) is 4.68. The van der Waals surface area contributed by atoms with Gasteiger partial charge in [0.1, 0.15) is 0 Å². The van der Waals surface area contributed by atoms with Crippen LogP contribution in [0.5, 0.6) is 0 Å². The van der Waals surface area contributed by atoms with Gasteiger partial charge in [-0.05, 0) is 32.4 Å². The van der Waals surface area contributed by atoms with Gasteiger partial charge < -0.3 is 10.6 Å². The zero-order valence-electron chi connectivity index (χ0n) is 11.0. The maximum Gasteiger partial charge on any atom is 0.224 e. The number of hydrogen-bond donors (Lipinski definition) is 2. The molecule has 0 bridgehead atoms. The van der Waals surface area contributed by atoms with E-state index in [9.17, 15) is 4.79 Å². The van der Waals surface area contributed by atoms with Crippen LogP contribution in [0.4, 0.5) is 0 Å². The highest BCUT2D eigenvalue weighted by molar-refractivity contribution is 5.85. The van der Waals surface area contributed by atoms with Gasteiger partial charge in [-0.2, -0.15) is 5.10 Å². The lowest BCUT2D eigenvalue weighted by atomic mass is 9.98. The molecule has 2 N–H and O–H groups in total. The molecule has 5 nitrogen and oxygen atoms in total. The number of halogens is 2. The first-order valence-electron chi connectivity index (χ1n) is 6.24. The molecule has 1 aromatic rings. The Morgan fingerprint density at radius 3 is 2.95 bits per heavy atom. The number of carbonyl (C=O) groups excluding carboxylic acids is 1. The molecule has 1 amide bonds. The lowest BCUT2D eigenvalue weighted by Crippen LogP contribution is -2.44. The Hall–Kier alpha value is -0.780. The predicted octanol–water partition coefficient (Wildman–Crippen LogP) is 1.23. The van der Waals surface area contributed by atoms with Crippen molar-refractivity contribution in [2.75, 3.05) is 13.1 Å². The van der Waals surface area contributed by atoms with Crippen molar-refractivity contribution in [3.8, 4) is 0 Å². The molecule has 2 unspecified atom stereocenters. The van der Waals surface area contributed by atoms with Crippen LogP contribution in [-0.2, 0) is 11.3 Å². The quantitative estimate of drug-likeness (QED) is 0.879. The molecule has 1 aliphatic heterocycles. The van der Waals surface area contributed by atoms with Crippen LogP contribution in [0.25, 0.3) is 0 Å². The second kappa shape index (κ2) is 9.18. The third kappa shape index (κ3) is 5.80. The van der Waals surface area contributed by atoms with Crippen molar-refractivity contribution in [3.63, 3.8) is 0 Å². The standard InChI is InChI=1S/C12H20N4O.2ClH/c1-10(9-16-7-3-6-14-16)15-12(17)11-4-2-5-13-8-11;;/h3,6-7,10-11,13H,2,4-5,8-9H2,1H3,(H,15,17);2*1H. The van der Waals surface area contributed by atoms with Crippen LogP contribution >= 0.6 is 24.8 Å². The third-order valence-electron chi connectivity index (χ3n) is 3.08. The summed E-state index contributed by atoms with van der Waals surface area (Å²) in [6.07, 6.45) is 5.74. The van der Waals surface area contributed by atoms with Gasteiger partial charge in [0.15, 0.2) is 0 Å². The van der Waals surface area contributed by atoms with Crippen LogP contribution in [-0.4, -0.2) is 34.8 Å². The van der Waals surface area contributed by atoms with Gasteiger partial charge in [-0.25, -0.2) is 0 Å². The first kappa shape index (κ1) is 18.2. The molecule has 110 valence electrons. The van der Waals surface area contributed by atoms with Crippen LogP contribution in [0.1, 0.15) is 19.8 Å². The molecule has 1 aliphatic rings. The van der Waals surface area contributed by atoms with Crippen LogP contribution in [0.3, 0.4) is 0 Å². The summed E-state index contributed by atoms with van der Waals surface area (Å²) in [5, 5.41) is 10.4. The summed E-state index contributed by atoms with van der Waals surface area (Å²) in [6.45, 7) is 4.57. The highest BCUT2D eigenvalue weighted by Gasteiger charge is 2.21. The molecular formula is C12H22Cl2N4O. The van der Waals surface area contributed by atoms with Gasteiger partial charge in [0.05, 0.1) is 12.5 Å². The Kier molecular flexibility index (Phi) is 8.80. The molecule has 7 heteroatoms. The van der Waals surface area contributed by atoms with E-state index >= 15 is 0 Å². The molecule has 0 saturated carbocycles. The summed E-state index contributed by atoms with van der Waals surface area (Å²) < 4.78 is 1.84. The molecule has 2 rings (SSSR count). The Bertz CT molecular complexity index is 353. The fourth-order valence-electron chi connectivity index (χ4n) is 2.17. The number of rotatable bonds is 4. The van der Waals surface area contributed by atoms with Gasteiger partial charge in [-0.15, -0.1) is 24.8 Å². The summed E-state index contributed by atoms with van der Waals surface area (Å²) in [4.78, 5) is 12.0. The minimum Gasteiger partial charge on any atom is -0.352 e. The molecular weight excluding hydrogens is 287 g/mol. The van der Waals surface area contributed by atoms with Gasteiger partial charge in [-0.3, -0.25) is 9.48 Å². The largest absolute Gasteiger partial charge is 0.352 e. The maximum absolute atomic E-state index is 12.0. The summed E-state index contributed by atoms with van der Waals surface area (Å²) in [7, 11) is 0. The van der Waals surface area contributed by atoms with E-state index in [-0.39, 0.29) is 42.7 Å². The fourth-order valence-corrected chi connectivity index (χ4v) is 2.17. The van der Waals surface area contributed by atoms with E-state index in [4.69, 9.17) is 0 Å². The Morgan fingerprint density at radius 1 is 1.58 bits per heavy atom. The molecule has 0 radical (unpaired) electrons. The monoisotopic (exact) mass is 308 g/mol. The maximum atomic E-state index is 12.0. The highest BCUT2D eigenvalue weighted by Crippen LogP contribution is 2.10. The number of piperidine rings is 1. The van der Waals surface area contributed by atoms with Crippen LogP contribution in [0, 0.1) is 5.92 Å². The number of hydrogen-bond acceptors (Lipinski definition) is 3. The van der Waals surface area contributed by atoms with Gasteiger partial charge in [0, 0.05) is 25.0 Å². The molecule has 0 spiro atoms. The predicted molar refractivity (Wildman–Crippen MR) is 79.9 cm³/mol. The first-order chi connectivity index (χ1) is 8.25. The summed E-state index contributed by atoms with van der Waals surface area (Å²) in [6, 6.07) is 2.00. The van der Waals surface area contributed by atoms with E-state index in [1.165, 1.54) is 0 Å². The van der Waals surface area contributed by atoms with Crippen molar-refractivity contribution in [2.24, 2.45) is 5.92 Å². The van der Waals surface area contributed by atoms with Gasteiger partial charge in [0.2, 0.25) is 5.91 Å². The number of nitrogens with one attached hydrogen (secondary N) is 2. The highest BCUT2D eigenvalue weighted by atomic mass is 35.5. The van der Waals surface area contributed by atoms with E-state index in [0.717, 1.165) is 32.5 Å². The van der Waals surface area contributed by atoms with E-state index in [0.29, 0.717) is 0 Å². The molecule has 2 atom stereocenters. The number of aromatic nitrogens is 2. The smallest absolute Gasteiger partial charge is 0.224 e. The van der Waals surface area contributed by atoms with Crippen LogP contribution in [0.15, 0.2) is 18.5 Å². The van der Waals surface area contributed by atoms with Crippen LogP contribution in [0.2, 0.25) is 0 Å². The summed E-state index contributed by atoms with van der Waals surface area (Å²) >= 11 is 0. The lowest BCUT2D eigenvalue weighted by molar-refractivity contribution is -0.126. The molecule has 0 aliphatic carbocycles. The molecule has 1 fully saturated rings. The average molecular weight is 309 g/mol. The molecule has 0 aromatic carbocycles. The fraction of sp³-hybridized carbons (Fsp3) is 0.667. The summed E-state index contributed by atoms with van der Waals surface area (Å²) in [5.74, 6) is 0.292. The average Bonchev–Trinajstić information content (AvgIpc) is 2.82. The minimum atomic E-state index is 0. The van der Waals surface area contributed by atoms with Crippen LogP contribution < -0.4 is 10.6 Å². The van der Waals surface area contributed by atoms with Gasteiger partial charge >= 0.3 is 0 Å².